The van der Waals surface area contributed by atoms with Crippen molar-refractivity contribution in [1.29, 1.82) is 0 Å². The van der Waals surface area contributed by atoms with Gasteiger partial charge in [-0.15, -0.1) is 0 Å². The van der Waals surface area contributed by atoms with E-state index in [9.17, 15) is 0 Å². The zero-order valence-electron chi connectivity index (χ0n) is 8.72. The second-order valence-corrected chi connectivity index (χ2v) is 3.76. The van der Waals surface area contributed by atoms with Crippen LogP contribution in [0.1, 0.15) is 20.8 Å². The van der Waals surface area contributed by atoms with Gasteiger partial charge in [-0.2, -0.15) is 0 Å². The lowest BCUT2D eigenvalue weighted by atomic mass is 10.2. The minimum Gasteiger partial charge on any atom is -0.382 e. The van der Waals surface area contributed by atoms with Crippen molar-refractivity contribution < 1.29 is 14.2 Å². The van der Waals surface area contributed by atoms with E-state index in [1.54, 1.807) is 14.2 Å². The second kappa shape index (κ2) is 5.51. The summed E-state index contributed by atoms with van der Waals surface area (Å²) in [5.74, 6) is 0. The first-order chi connectivity index (χ1) is 5.49. The van der Waals surface area contributed by atoms with Crippen molar-refractivity contribution >= 4 is 0 Å². The topological polar surface area (TPSA) is 27.7 Å². The zero-order chi connectivity index (χ0) is 9.61. The van der Waals surface area contributed by atoms with Crippen LogP contribution in [0.5, 0.6) is 0 Å². The molecule has 0 aromatic rings. The summed E-state index contributed by atoms with van der Waals surface area (Å²) in [5.41, 5.74) is -0.137. The predicted molar refractivity (Wildman–Crippen MR) is 48.4 cm³/mol. The molecule has 0 aromatic carbocycles. The number of hydrogen-bond donors (Lipinski definition) is 0. The summed E-state index contributed by atoms with van der Waals surface area (Å²) >= 11 is 0. The van der Waals surface area contributed by atoms with Gasteiger partial charge in [0.05, 0.1) is 18.8 Å². The third kappa shape index (κ3) is 6.58. The fourth-order valence-electron chi connectivity index (χ4n) is 0.988. The second-order valence-electron chi connectivity index (χ2n) is 3.76. The van der Waals surface area contributed by atoms with Crippen LogP contribution in [-0.4, -0.2) is 39.1 Å². The average molecular weight is 176 g/mol. The van der Waals surface area contributed by atoms with Gasteiger partial charge in [-0.05, 0) is 20.8 Å². The molecule has 0 aliphatic rings. The molecule has 0 radical (unpaired) electrons. The summed E-state index contributed by atoms with van der Waals surface area (Å²) in [6, 6.07) is 0. The van der Waals surface area contributed by atoms with Crippen LogP contribution in [0.3, 0.4) is 0 Å². The highest BCUT2D eigenvalue weighted by Crippen LogP contribution is 2.11. The van der Waals surface area contributed by atoms with Crippen molar-refractivity contribution in [2.24, 2.45) is 0 Å². The Morgan fingerprint density at radius 2 is 1.42 bits per heavy atom. The van der Waals surface area contributed by atoms with E-state index >= 15 is 0 Å². The number of rotatable bonds is 5. The maximum atomic E-state index is 5.67. The molecular weight excluding hydrogens is 156 g/mol. The van der Waals surface area contributed by atoms with Gasteiger partial charge in [0, 0.05) is 14.2 Å². The first-order valence-electron chi connectivity index (χ1n) is 4.15. The molecule has 0 unspecified atom stereocenters. The molecule has 0 aliphatic carbocycles. The van der Waals surface area contributed by atoms with Gasteiger partial charge in [-0.3, -0.25) is 0 Å². The van der Waals surface area contributed by atoms with Crippen LogP contribution in [-0.2, 0) is 14.2 Å². The van der Waals surface area contributed by atoms with E-state index in [4.69, 9.17) is 14.2 Å². The first kappa shape index (κ1) is 11.9. The number of hydrogen-bond acceptors (Lipinski definition) is 3. The van der Waals surface area contributed by atoms with Crippen LogP contribution in [0.25, 0.3) is 0 Å². The first-order valence-corrected chi connectivity index (χ1v) is 4.15. The molecule has 0 atom stereocenters. The van der Waals surface area contributed by atoms with E-state index in [2.05, 4.69) is 0 Å². The minimum absolute atomic E-state index is 0.0278. The van der Waals surface area contributed by atoms with Gasteiger partial charge >= 0.3 is 0 Å². The lowest BCUT2D eigenvalue weighted by Gasteiger charge is -2.26. The third-order valence-electron chi connectivity index (χ3n) is 1.23. The molecule has 12 heavy (non-hydrogen) atoms. The summed E-state index contributed by atoms with van der Waals surface area (Å²) < 4.78 is 15.7. The third-order valence-corrected chi connectivity index (χ3v) is 1.23. The molecule has 0 fully saturated rings. The molecule has 0 aromatic heterocycles. The Kier molecular flexibility index (Phi) is 5.46. The van der Waals surface area contributed by atoms with Crippen molar-refractivity contribution in [3.05, 3.63) is 0 Å². The monoisotopic (exact) mass is 176 g/mol. The fraction of sp³-hybridized carbons (Fsp3) is 1.00. The van der Waals surface area contributed by atoms with Gasteiger partial charge < -0.3 is 14.2 Å². The average Bonchev–Trinajstić information content (AvgIpc) is 1.84. The zero-order valence-corrected chi connectivity index (χ0v) is 8.72. The van der Waals surface area contributed by atoms with E-state index < -0.39 is 0 Å². The highest BCUT2D eigenvalue weighted by Gasteiger charge is 2.18. The molecule has 0 spiro atoms. The van der Waals surface area contributed by atoms with Gasteiger partial charge in [-0.1, -0.05) is 0 Å². The minimum atomic E-state index is -0.137. The summed E-state index contributed by atoms with van der Waals surface area (Å²) in [5, 5.41) is 0. The quantitative estimate of drug-likeness (QED) is 0.634. The van der Waals surface area contributed by atoms with E-state index in [1.165, 1.54) is 0 Å². The van der Waals surface area contributed by atoms with Crippen LogP contribution in [0.4, 0.5) is 0 Å². The van der Waals surface area contributed by atoms with Crippen LogP contribution >= 0.6 is 0 Å². The van der Waals surface area contributed by atoms with Crippen LogP contribution in [0, 0.1) is 0 Å². The largest absolute Gasteiger partial charge is 0.382 e. The van der Waals surface area contributed by atoms with Crippen LogP contribution < -0.4 is 0 Å². The van der Waals surface area contributed by atoms with E-state index in [0.29, 0.717) is 13.2 Å². The van der Waals surface area contributed by atoms with Gasteiger partial charge in [0.2, 0.25) is 0 Å². The summed E-state index contributed by atoms with van der Waals surface area (Å²) in [4.78, 5) is 0. The molecule has 0 aliphatic heterocycles. The van der Waals surface area contributed by atoms with Gasteiger partial charge in [-0.25, -0.2) is 0 Å². The Morgan fingerprint density at radius 1 is 1.00 bits per heavy atom. The smallest absolute Gasteiger partial charge is 0.105 e. The predicted octanol–water partition coefficient (Wildman–Crippen LogP) is 1.46. The van der Waals surface area contributed by atoms with Crippen molar-refractivity contribution in [3.63, 3.8) is 0 Å². The standard InChI is InChI=1S/C9H20O3/c1-9(2,3)12-8(6-10-4)7-11-5/h8H,6-7H2,1-5H3. The normalized spacial score (nSPS) is 12.5. The molecule has 74 valence electrons. The molecule has 0 saturated heterocycles. The lowest BCUT2D eigenvalue weighted by Crippen LogP contribution is -2.33. The SMILES string of the molecule is COCC(COC)OC(C)(C)C. The Morgan fingerprint density at radius 3 is 1.67 bits per heavy atom. The fourth-order valence-corrected chi connectivity index (χ4v) is 0.988. The Balaban J connectivity index is 3.77. The van der Waals surface area contributed by atoms with Gasteiger partial charge in [0.15, 0.2) is 0 Å². The van der Waals surface area contributed by atoms with Gasteiger partial charge in [0.1, 0.15) is 6.10 Å². The Hall–Kier alpha value is -0.120. The summed E-state index contributed by atoms with van der Waals surface area (Å²) in [6.07, 6.45) is 0.0278. The molecule has 3 nitrogen and oxygen atoms in total. The maximum absolute atomic E-state index is 5.67. The summed E-state index contributed by atoms with van der Waals surface area (Å²) in [7, 11) is 3.32. The highest BCUT2D eigenvalue weighted by atomic mass is 16.6. The Bertz CT molecular complexity index is 101. The summed E-state index contributed by atoms with van der Waals surface area (Å²) in [6.45, 7) is 7.21. The molecule has 0 rings (SSSR count). The lowest BCUT2D eigenvalue weighted by molar-refractivity contribution is -0.109. The van der Waals surface area contributed by atoms with Crippen LogP contribution in [0.15, 0.2) is 0 Å². The maximum Gasteiger partial charge on any atom is 0.105 e. The molecular formula is C9H20O3. The molecule has 0 saturated carbocycles. The van der Waals surface area contributed by atoms with Crippen molar-refractivity contribution in [2.45, 2.75) is 32.5 Å². The molecule has 0 bridgehead atoms. The molecule has 3 heteroatoms. The van der Waals surface area contributed by atoms with Crippen molar-refractivity contribution in [2.75, 3.05) is 27.4 Å². The number of methoxy groups -OCH3 is 2. The molecule has 0 amide bonds. The molecule has 0 heterocycles. The van der Waals surface area contributed by atoms with E-state index in [1.807, 2.05) is 20.8 Å². The Labute approximate surface area is 75.0 Å². The van der Waals surface area contributed by atoms with Gasteiger partial charge in [0.25, 0.3) is 0 Å². The van der Waals surface area contributed by atoms with Crippen molar-refractivity contribution in [1.82, 2.24) is 0 Å². The van der Waals surface area contributed by atoms with E-state index in [-0.39, 0.29) is 11.7 Å². The van der Waals surface area contributed by atoms with E-state index in [0.717, 1.165) is 0 Å². The molecule has 0 N–H and O–H groups in total. The number of ether oxygens (including phenoxy) is 3. The van der Waals surface area contributed by atoms with Crippen molar-refractivity contribution in [3.8, 4) is 0 Å². The highest BCUT2D eigenvalue weighted by molar-refractivity contribution is 4.65. The van der Waals surface area contributed by atoms with Crippen LogP contribution in [0.2, 0.25) is 0 Å².